The maximum atomic E-state index is 12.5. The summed E-state index contributed by atoms with van der Waals surface area (Å²) in [5, 5.41) is 0. The van der Waals surface area contributed by atoms with Crippen molar-refractivity contribution in [1.82, 2.24) is 4.72 Å². The first-order valence-electron chi connectivity index (χ1n) is 6.68. The standard InChI is InChI=1S/C16H17NO2S/c1-13-7-9-15(10-8-13)20(18,19)17-16(11-12-16)14-5-3-2-4-6-14/h2-10,17H,11-12H2,1H3. The number of sulfonamides is 1. The van der Waals surface area contributed by atoms with E-state index in [1.807, 2.05) is 49.4 Å². The van der Waals surface area contributed by atoms with E-state index in [2.05, 4.69) is 4.72 Å². The number of benzene rings is 2. The average Bonchev–Trinajstić information content (AvgIpc) is 3.20. The molecular formula is C16H17NO2S. The Kier molecular flexibility index (Phi) is 3.15. The van der Waals surface area contributed by atoms with Gasteiger partial charge in [-0.25, -0.2) is 13.1 Å². The molecule has 1 aliphatic carbocycles. The molecule has 0 atom stereocenters. The highest BCUT2D eigenvalue weighted by Crippen LogP contribution is 2.46. The van der Waals surface area contributed by atoms with Crippen molar-refractivity contribution < 1.29 is 8.42 Å². The molecule has 0 heterocycles. The summed E-state index contributed by atoms with van der Waals surface area (Å²) in [6.45, 7) is 1.94. The van der Waals surface area contributed by atoms with Gasteiger partial charge in [-0.05, 0) is 37.5 Å². The van der Waals surface area contributed by atoms with Crippen LogP contribution in [0, 0.1) is 6.92 Å². The third-order valence-electron chi connectivity index (χ3n) is 3.74. The molecule has 0 saturated heterocycles. The lowest BCUT2D eigenvalue weighted by Gasteiger charge is -2.18. The van der Waals surface area contributed by atoms with E-state index in [4.69, 9.17) is 0 Å². The van der Waals surface area contributed by atoms with E-state index in [1.54, 1.807) is 12.1 Å². The normalized spacial score (nSPS) is 16.9. The number of aryl methyl sites for hydroxylation is 1. The third-order valence-corrected chi connectivity index (χ3v) is 5.29. The number of hydrogen-bond acceptors (Lipinski definition) is 2. The van der Waals surface area contributed by atoms with Crippen LogP contribution < -0.4 is 4.72 Å². The molecular weight excluding hydrogens is 270 g/mol. The van der Waals surface area contributed by atoms with Crippen LogP contribution >= 0.6 is 0 Å². The Hall–Kier alpha value is -1.65. The van der Waals surface area contributed by atoms with Crippen molar-refractivity contribution in [3.63, 3.8) is 0 Å². The van der Waals surface area contributed by atoms with E-state index in [-0.39, 0.29) is 0 Å². The summed E-state index contributed by atoms with van der Waals surface area (Å²) in [7, 11) is -3.47. The minimum atomic E-state index is -3.47. The fourth-order valence-corrected chi connectivity index (χ4v) is 3.81. The highest BCUT2D eigenvalue weighted by molar-refractivity contribution is 7.89. The minimum Gasteiger partial charge on any atom is -0.207 e. The van der Waals surface area contributed by atoms with E-state index in [0.29, 0.717) is 4.90 Å². The predicted octanol–water partition coefficient (Wildman–Crippen LogP) is 2.96. The largest absolute Gasteiger partial charge is 0.241 e. The van der Waals surface area contributed by atoms with E-state index in [0.717, 1.165) is 24.0 Å². The monoisotopic (exact) mass is 287 g/mol. The molecule has 0 aliphatic heterocycles. The summed E-state index contributed by atoms with van der Waals surface area (Å²) >= 11 is 0. The third kappa shape index (κ3) is 2.49. The molecule has 0 spiro atoms. The number of nitrogens with one attached hydrogen (secondary N) is 1. The molecule has 0 aromatic heterocycles. The second kappa shape index (κ2) is 4.72. The molecule has 0 radical (unpaired) electrons. The van der Waals surface area contributed by atoms with Gasteiger partial charge in [0.25, 0.3) is 0 Å². The molecule has 3 nitrogen and oxygen atoms in total. The summed E-state index contributed by atoms with van der Waals surface area (Å²) in [5.41, 5.74) is 1.68. The van der Waals surface area contributed by atoms with Gasteiger partial charge in [0.05, 0.1) is 10.4 Å². The van der Waals surface area contributed by atoms with Crippen LogP contribution in [0.25, 0.3) is 0 Å². The molecule has 104 valence electrons. The van der Waals surface area contributed by atoms with Gasteiger partial charge in [-0.2, -0.15) is 0 Å². The molecule has 2 aromatic rings. The molecule has 1 aliphatic rings. The molecule has 1 N–H and O–H groups in total. The maximum Gasteiger partial charge on any atom is 0.241 e. The first-order valence-corrected chi connectivity index (χ1v) is 8.16. The number of hydrogen-bond donors (Lipinski definition) is 1. The Bertz CT molecular complexity index is 702. The Morgan fingerprint density at radius 1 is 0.950 bits per heavy atom. The molecule has 1 fully saturated rings. The van der Waals surface area contributed by atoms with Crippen LogP contribution in [0.4, 0.5) is 0 Å². The fourth-order valence-electron chi connectivity index (χ4n) is 2.37. The van der Waals surface area contributed by atoms with Gasteiger partial charge in [0, 0.05) is 0 Å². The summed E-state index contributed by atoms with van der Waals surface area (Å²) in [6, 6.07) is 16.7. The van der Waals surface area contributed by atoms with E-state index in [1.165, 1.54) is 0 Å². The van der Waals surface area contributed by atoms with E-state index < -0.39 is 15.6 Å². The minimum absolute atomic E-state index is 0.324. The van der Waals surface area contributed by atoms with Crippen molar-refractivity contribution in [2.45, 2.75) is 30.2 Å². The highest BCUT2D eigenvalue weighted by Gasteiger charge is 2.47. The zero-order valence-corrected chi connectivity index (χ0v) is 12.2. The molecule has 0 amide bonds. The van der Waals surface area contributed by atoms with Gasteiger partial charge in [-0.1, -0.05) is 48.0 Å². The lowest BCUT2D eigenvalue weighted by molar-refractivity contribution is 0.551. The number of rotatable bonds is 4. The van der Waals surface area contributed by atoms with Crippen molar-refractivity contribution in [3.05, 3.63) is 65.7 Å². The van der Waals surface area contributed by atoms with Crippen LogP contribution in [0.15, 0.2) is 59.5 Å². The summed E-state index contributed by atoms with van der Waals surface area (Å²) in [5.74, 6) is 0. The molecule has 3 rings (SSSR count). The van der Waals surface area contributed by atoms with Gasteiger partial charge in [-0.15, -0.1) is 0 Å². The highest BCUT2D eigenvalue weighted by atomic mass is 32.2. The van der Waals surface area contributed by atoms with Crippen LogP contribution in [0.5, 0.6) is 0 Å². The van der Waals surface area contributed by atoms with Gasteiger partial charge in [0.15, 0.2) is 0 Å². The topological polar surface area (TPSA) is 46.2 Å². The Labute approximate surface area is 119 Å². The molecule has 0 bridgehead atoms. The van der Waals surface area contributed by atoms with E-state index in [9.17, 15) is 8.42 Å². The van der Waals surface area contributed by atoms with Crippen LogP contribution in [0.2, 0.25) is 0 Å². The SMILES string of the molecule is Cc1ccc(S(=O)(=O)NC2(c3ccccc3)CC2)cc1. The molecule has 2 aromatic carbocycles. The van der Waals surface area contributed by atoms with Gasteiger partial charge in [0.1, 0.15) is 0 Å². The molecule has 20 heavy (non-hydrogen) atoms. The van der Waals surface area contributed by atoms with Gasteiger partial charge < -0.3 is 0 Å². The van der Waals surface area contributed by atoms with Crippen molar-refractivity contribution in [1.29, 1.82) is 0 Å². The first kappa shape index (κ1) is 13.3. The van der Waals surface area contributed by atoms with Gasteiger partial charge >= 0.3 is 0 Å². The zero-order chi connectivity index (χ0) is 14.2. The van der Waals surface area contributed by atoms with E-state index >= 15 is 0 Å². The van der Waals surface area contributed by atoms with Crippen LogP contribution in [0.3, 0.4) is 0 Å². The summed E-state index contributed by atoms with van der Waals surface area (Å²) < 4.78 is 27.8. The molecule has 4 heteroatoms. The van der Waals surface area contributed by atoms with Gasteiger partial charge in [-0.3, -0.25) is 0 Å². The average molecular weight is 287 g/mol. The lowest BCUT2D eigenvalue weighted by atomic mass is 10.1. The Balaban J connectivity index is 1.89. The smallest absolute Gasteiger partial charge is 0.207 e. The van der Waals surface area contributed by atoms with Crippen LogP contribution in [-0.2, 0) is 15.6 Å². The zero-order valence-electron chi connectivity index (χ0n) is 11.3. The van der Waals surface area contributed by atoms with Crippen LogP contribution in [0.1, 0.15) is 24.0 Å². The Morgan fingerprint density at radius 2 is 1.55 bits per heavy atom. The van der Waals surface area contributed by atoms with Crippen LogP contribution in [-0.4, -0.2) is 8.42 Å². The first-order chi connectivity index (χ1) is 9.52. The van der Waals surface area contributed by atoms with Crippen molar-refractivity contribution in [2.24, 2.45) is 0 Å². The quantitative estimate of drug-likeness (QED) is 0.939. The van der Waals surface area contributed by atoms with Gasteiger partial charge in [0.2, 0.25) is 10.0 Å². The van der Waals surface area contributed by atoms with Crippen molar-refractivity contribution in [3.8, 4) is 0 Å². The summed E-state index contributed by atoms with van der Waals surface area (Å²) in [6.07, 6.45) is 1.70. The molecule has 0 unspecified atom stereocenters. The molecule has 1 saturated carbocycles. The summed E-state index contributed by atoms with van der Waals surface area (Å²) in [4.78, 5) is 0.324. The lowest BCUT2D eigenvalue weighted by Crippen LogP contribution is -2.34. The van der Waals surface area contributed by atoms with Crippen molar-refractivity contribution in [2.75, 3.05) is 0 Å². The second-order valence-corrected chi connectivity index (χ2v) is 7.05. The second-order valence-electron chi connectivity index (χ2n) is 5.37. The van der Waals surface area contributed by atoms with Crippen molar-refractivity contribution >= 4 is 10.0 Å². The fraction of sp³-hybridized carbons (Fsp3) is 0.250. The predicted molar refractivity (Wildman–Crippen MR) is 78.9 cm³/mol. The Morgan fingerprint density at radius 3 is 2.10 bits per heavy atom. The maximum absolute atomic E-state index is 12.5.